The molecule has 2 atom stereocenters. The van der Waals surface area contributed by atoms with Crippen LogP contribution in [0.2, 0.25) is 4.34 Å². The van der Waals surface area contributed by atoms with Gasteiger partial charge in [-0.15, -0.1) is 11.3 Å². The number of hydrogen-bond donors (Lipinski definition) is 1. The lowest BCUT2D eigenvalue weighted by atomic mass is 10.2. The van der Waals surface area contributed by atoms with Crippen molar-refractivity contribution in [3.05, 3.63) is 21.3 Å². The Labute approximate surface area is 115 Å². The zero-order valence-electron chi connectivity index (χ0n) is 9.81. The normalized spacial score (nSPS) is 14.4. The van der Waals surface area contributed by atoms with E-state index < -0.39 is 0 Å². The van der Waals surface area contributed by atoms with Crippen LogP contribution in [0, 0.1) is 0 Å². The van der Waals surface area contributed by atoms with Crippen molar-refractivity contribution in [2.24, 2.45) is 5.73 Å². The van der Waals surface area contributed by atoms with Gasteiger partial charge in [-0.25, -0.2) is 0 Å². The number of carbonyl (C=O) groups excluding carboxylic acids is 1. The third-order valence-corrected chi connectivity index (χ3v) is 5.13. The maximum absolute atomic E-state index is 11.0. The van der Waals surface area contributed by atoms with Crippen LogP contribution in [-0.2, 0) is 9.53 Å². The van der Waals surface area contributed by atoms with Gasteiger partial charge in [0.25, 0.3) is 0 Å². The lowest BCUT2D eigenvalue weighted by Gasteiger charge is -2.18. The third-order valence-electron chi connectivity index (χ3n) is 2.18. The standard InChI is InChI=1S/C11H16ClNO2S2/c1-7(13)11(8-3-4-9(12)17-8)16-6-5-10(14)15-2/h3-4,7,11H,5-6,13H2,1-2H3. The number of nitrogens with two attached hydrogens (primary N) is 1. The van der Waals surface area contributed by atoms with Crippen molar-refractivity contribution in [1.82, 2.24) is 0 Å². The molecule has 0 radical (unpaired) electrons. The zero-order chi connectivity index (χ0) is 12.8. The molecule has 1 heterocycles. The van der Waals surface area contributed by atoms with E-state index in [1.807, 2.05) is 19.1 Å². The van der Waals surface area contributed by atoms with E-state index in [0.717, 1.165) is 9.21 Å². The number of halogens is 1. The molecule has 96 valence electrons. The fourth-order valence-electron chi connectivity index (χ4n) is 1.35. The van der Waals surface area contributed by atoms with Crippen LogP contribution in [0.25, 0.3) is 0 Å². The van der Waals surface area contributed by atoms with Crippen molar-refractivity contribution in [2.45, 2.75) is 24.6 Å². The SMILES string of the molecule is COC(=O)CCSC(c1ccc(Cl)s1)C(C)N. The summed E-state index contributed by atoms with van der Waals surface area (Å²) >= 11 is 9.11. The van der Waals surface area contributed by atoms with Crippen molar-refractivity contribution < 1.29 is 9.53 Å². The molecule has 0 saturated carbocycles. The number of carbonyl (C=O) groups is 1. The summed E-state index contributed by atoms with van der Waals surface area (Å²) in [6, 6.07) is 3.89. The summed E-state index contributed by atoms with van der Waals surface area (Å²) in [6.07, 6.45) is 0.406. The quantitative estimate of drug-likeness (QED) is 0.819. The van der Waals surface area contributed by atoms with Crippen molar-refractivity contribution in [1.29, 1.82) is 0 Å². The molecule has 1 aromatic heterocycles. The molecular weight excluding hydrogens is 278 g/mol. The van der Waals surface area contributed by atoms with Gasteiger partial charge in [-0.3, -0.25) is 4.79 Å². The van der Waals surface area contributed by atoms with Gasteiger partial charge in [0, 0.05) is 16.7 Å². The molecular formula is C11H16ClNO2S2. The van der Waals surface area contributed by atoms with Crippen molar-refractivity contribution in [2.75, 3.05) is 12.9 Å². The Hall–Kier alpha value is -0.230. The molecule has 0 aliphatic carbocycles. The van der Waals surface area contributed by atoms with Gasteiger partial charge < -0.3 is 10.5 Å². The zero-order valence-corrected chi connectivity index (χ0v) is 12.2. The van der Waals surface area contributed by atoms with Gasteiger partial charge in [-0.2, -0.15) is 11.8 Å². The summed E-state index contributed by atoms with van der Waals surface area (Å²) < 4.78 is 5.36. The van der Waals surface area contributed by atoms with Crippen LogP contribution in [0.3, 0.4) is 0 Å². The second-order valence-electron chi connectivity index (χ2n) is 3.62. The average molecular weight is 294 g/mol. The van der Waals surface area contributed by atoms with E-state index in [2.05, 4.69) is 4.74 Å². The summed E-state index contributed by atoms with van der Waals surface area (Å²) in [5.74, 6) is 0.513. The Bertz CT molecular complexity index is 368. The maximum Gasteiger partial charge on any atom is 0.306 e. The first kappa shape index (κ1) is 14.8. The number of rotatable bonds is 6. The second kappa shape index (κ2) is 7.26. The molecule has 2 N–H and O–H groups in total. The molecule has 2 unspecified atom stereocenters. The predicted octanol–water partition coefficient (Wildman–Crippen LogP) is 3.09. The summed E-state index contributed by atoms with van der Waals surface area (Å²) in [6.45, 7) is 1.96. The molecule has 0 amide bonds. The molecule has 0 aromatic carbocycles. The van der Waals surface area contributed by atoms with E-state index in [-0.39, 0.29) is 17.3 Å². The number of thioether (sulfide) groups is 1. The van der Waals surface area contributed by atoms with Gasteiger partial charge in [-0.1, -0.05) is 11.6 Å². The molecule has 17 heavy (non-hydrogen) atoms. The summed E-state index contributed by atoms with van der Waals surface area (Å²) in [4.78, 5) is 12.2. The second-order valence-corrected chi connectivity index (χ2v) is 6.61. The van der Waals surface area contributed by atoms with Crippen LogP contribution < -0.4 is 5.73 Å². The lowest BCUT2D eigenvalue weighted by molar-refractivity contribution is -0.140. The highest BCUT2D eigenvalue weighted by atomic mass is 35.5. The number of esters is 1. The lowest BCUT2D eigenvalue weighted by Crippen LogP contribution is -2.22. The highest BCUT2D eigenvalue weighted by Gasteiger charge is 2.19. The van der Waals surface area contributed by atoms with Gasteiger partial charge in [0.2, 0.25) is 0 Å². The molecule has 0 bridgehead atoms. The van der Waals surface area contributed by atoms with E-state index in [0.29, 0.717) is 12.2 Å². The first-order valence-electron chi connectivity index (χ1n) is 5.24. The Morgan fingerprint density at radius 1 is 1.65 bits per heavy atom. The van der Waals surface area contributed by atoms with E-state index in [4.69, 9.17) is 17.3 Å². The molecule has 3 nitrogen and oxygen atoms in total. The van der Waals surface area contributed by atoms with Gasteiger partial charge >= 0.3 is 5.97 Å². The summed E-state index contributed by atoms with van der Waals surface area (Å²) in [5.41, 5.74) is 5.95. The van der Waals surface area contributed by atoms with Gasteiger partial charge in [0.15, 0.2) is 0 Å². The predicted molar refractivity (Wildman–Crippen MR) is 74.8 cm³/mol. The van der Waals surface area contributed by atoms with Gasteiger partial charge in [0.05, 0.1) is 23.1 Å². The van der Waals surface area contributed by atoms with Crippen molar-refractivity contribution in [3.63, 3.8) is 0 Å². The topological polar surface area (TPSA) is 52.3 Å². The number of methoxy groups -OCH3 is 1. The Balaban J connectivity index is 2.53. The van der Waals surface area contributed by atoms with Crippen LogP contribution >= 0.6 is 34.7 Å². The summed E-state index contributed by atoms with van der Waals surface area (Å²) in [7, 11) is 1.40. The smallest absolute Gasteiger partial charge is 0.306 e. The fraction of sp³-hybridized carbons (Fsp3) is 0.545. The first-order valence-corrected chi connectivity index (χ1v) is 7.48. The largest absolute Gasteiger partial charge is 0.469 e. The minimum absolute atomic E-state index is 0.0207. The Morgan fingerprint density at radius 2 is 2.35 bits per heavy atom. The molecule has 0 aliphatic heterocycles. The Morgan fingerprint density at radius 3 is 2.82 bits per heavy atom. The van der Waals surface area contributed by atoms with Gasteiger partial charge in [-0.05, 0) is 19.1 Å². The third kappa shape index (κ3) is 4.87. The molecule has 0 saturated heterocycles. The Kier molecular flexibility index (Phi) is 6.33. The van der Waals surface area contributed by atoms with E-state index in [1.165, 1.54) is 18.4 Å². The maximum atomic E-state index is 11.0. The number of thiophene rings is 1. The van der Waals surface area contributed by atoms with E-state index >= 15 is 0 Å². The molecule has 0 fully saturated rings. The highest BCUT2D eigenvalue weighted by molar-refractivity contribution is 7.99. The molecule has 0 aliphatic rings. The van der Waals surface area contributed by atoms with Crippen LogP contribution in [0.5, 0.6) is 0 Å². The van der Waals surface area contributed by atoms with Gasteiger partial charge in [0.1, 0.15) is 0 Å². The van der Waals surface area contributed by atoms with Crippen molar-refractivity contribution in [3.8, 4) is 0 Å². The van der Waals surface area contributed by atoms with Crippen molar-refractivity contribution >= 4 is 40.7 Å². The summed E-state index contributed by atoms with van der Waals surface area (Å²) in [5, 5.41) is 0.178. The molecule has 6 heteroatoms. The monoisotopic (exact) mass is 293 g/mol. The number of ether oxygens (including phenoxy) is 1. The van der Waals surface area contributed by atoms with Crippen LogP contribution in [0.1, 0.15) is 23.5 Å². The van der Waals surface area contributed by atoms with E-state index in [1.54, 1.807) is 11.8 Å². The fourth-order valence-corrected chi connectivity index (χ4v) is 3.94. The van der Waals surface area contributed by atoms with E-state index in [9.17, 15) is 4.79 Å². The molecule has 1 rings (SSSR count). The van der Waals surface area contributed by atoms with Crippen LogP contribution in [0.4, 0.5) is 0 Å². The molecule has 1 aromatic rings. The minimum atomic E-state index is -0.190. The average Bonchev–Trinajstić information content (AvgIpc) is 2.70. The highest BCUT2D eigenvalue weighted by Crippen LogP contribution is 2.37. The van der Waals surface area contributed by atoms with Crippen LogP contribution in [-0.4, -0.2) is 24.9 Å². The number of hydrogen-bond acceptors (Lipinski definition) is 5. The minimum Gasteiger partial charge on any atom is -0.469 e. The van der Waals surface area contributed by atoms with Crippen LogP contribution in [0.15, 0.2) is 12.1 Å². The first-order chi connectivity index (χ1) is 8.04. The molecule has 0 spiro atoms.